The lowest BCUT2D eigenvalue weighted by molar-refractivity contribution is -0.0499. The van der Waals surface area contributed by atoms with Gasteiger partial charge in [0, 0.05) is 24.7 Å². The number of alkyl halides is 2. The molecule has 1 aliphatic rings. The van der Waals surface area contributed by atoms with Crippen molar-refractivity contribution in [2.24, 2.45) is 5.73 Å². The van der Waals surface area contributed by atoms with Crippen LogP contribution in [0, 0.1) is 0 Å². The third-order valence-corrected chi connectivity index (χ3v) is 3.47. The van der Waals surface area contributed by atoms with Gasteiger partial charge in [-0.25, -0.2) is 0 Å². The molecule has 20 heavy (non-hydrogen) atoms. The Bertz CT molecular complexity index is 468. The van der Waals surface area contributed by atoms with Crippen LogP contribution >= 0.6 is 0 Å². The van der Waals surface area contributed by atoms with Crippen molar-refractivity contribution in [2.75, 3.05) is 13.1 Å². The van der Waals surface area contributed by atoms with Gasteiger partial charge in [-0.1, -0.05) is 6.07 Å². The fraction of sp³-hybridized carbons (Fsp3) is 0.500. The second-order valence-corrected chi connectivity index (χ2v) is 4.79. The van der Waals surface area contributed by atoms with Crippen molar-refractivity contribution in [1.29, 1.82) is 0 Å². The van der Waals surface area contributed by atoms with Crippen molar-refractivity contribution in [1.82, 2.24) is 4.90 Å². The zero-order valence-electron chi connectivity index (χ0n) is 11.1. The number of rotatable bonds is 4. The van der Waals surface area contributed by atoms with E-state index >= 15 is 0 Å². The summed E-state index contributed by atoms with van der Waals surface area (Å²) in [5.74, 6) is -0.188. The SMILES string of the molecule is NCC1CCCCN1C(=O)c1cccc(OC(F)F)c1. The number of nitrogens with zero attached hydrogens (tertiary/aromatic N) is 1. The summed E-state index contributed by atoms with van der Waals surface area (Å²) in [5.41, 5.74) is 6.04. The van der Waals surface area contributed by atoms with Crippen LogP contribution in [0.5, 0.6) is 5.75 Å². The maximum atomic E-state index is 12.4. The Morgan fingerprint density at radius 1 is 1.45 bits per heavy atom. The van der Waals surface area contributed by atoms with Crippen molar-refractivity contribution in [3.05, 3.63) is 29.8 Å². The molecule has 1 amide bonds. The van der Waals surface area contributed by atoms with E-state index in [9.17, 15) is 13.6 Å². The molecule has 2 rings (SSSR count). The minimum Gasteiger partial charge on any atom is -0.435 e. The average molecular weight is 284 g/mol. The molecule has 0 aliphatic carbocycles. The molecule has 2 N–H and O–H groups in total. The predicted molar refractivity (Wildman–Crippen MR) is 70.8 cm³/mol. The van der Waals surface area contributed by atoms with E-state index in [4.69, 9.17) is 5.73 Å². The number of ether oxygens (including phenoxy) is 1. The first kappa shape index (κ1) is 14.7. The van der Waals surface area contributed by atoms with Gasteiger partial charge in [0.15, 0.2) is 0 Å². The molecule has 4 nitrogen and oxygen atoms in total. The molecular weight excluding hydrogens is 266 g/mol. The van der Waals surface area contributed by atoms with Gasteiger partial charge >= 0.3 is 6.61 Å². The van der Waals surface area contributed by atoms with Crippen LogP contribution in [0.2, 0.25) is 0 Å². The van der Waals surface area contributed by atoms with Crippen molar-refractivity contribution >= 4 is 5.91 Å². The van der Waals surface area contributed by atoms with E-state index in [-0.39, 0.29) is 17.7 Å². The Labute approximate surface area is 116 Å². The second kappa shape index (κ2) is 6.65. The highest BCUT2D eigenvalue weighted by Crippen LogP contribution is 2.22. The Balaban J connectivity index is 2.15. The zero-order chi connectivity index (χ0) is 14.5. The Morgan fingerprint density at radius 3 is 2.95 bits per heavy atom. The van der Waals surface area contributed by atoms with E-state index in [0.717, 1.165) is 19.3 Å². The normalized spacial score (nSPS) is 19.2. The summed E-state index contributed by atoms with van der Waals surface area (Å²) in [6.45, 7) is -1.83. The monoisotopic (exact) mass is 284 g/mol. The molecule has 1 unspecified atom stereocenters. The number of nitrogens with two attached hydrogens (primary N) is 1. The van der Waals surface area contributed by atoms with E-state index in [1.807, 2.05) is 0 Å². The predicted octanol–water partition coefficient (Wildman–Crippen LogP) is 2.24. The summed E-state index contributed by atoms with van der Waals surface area (Å²) in [6.07, 6.45) is 2.88. The van der Waals surface area contributed by atoms with Crippen LogP contribution in [0.1, 0.15) is 29.6 Å². The van der Waals surface area contributed by atoms with Gasteiger partial charge in [-0.3, -0.25) is 4.79 Å². The number of benzene rings is 1. The van der Waals surface area contributed by atoms with Gasteiger partial charge in [-0.05, 0) is 37.5 Å². The number of piperidine rings is 1. The lowest BCUT2D eigenvalue weighted by atomic mass is 10.0. The van der Waals surface area contributed by atoms with Gasteiger partial charge < -0.3 is 15.4 Å². The Morgan fingerprint density at radius 2 is 2.25 bits per heavy atom. The third-order valence-electron chi connectivity index (χ3n) is 3.47. The minimum absolute atomic E-state index is 0.00726. The fourth-order valence-electron chi connectivity index (χ4n) is 2.48. The maximum absolute atomic E-state index is 12.4. The molecule has 1 atom stereocenters. The highest BCUT2D eigenvalue weighted by Gasteiger charge is 2.26. The lowest BCUT2D eigenvalue weighted by Crippen LogP contribution is -2.47. The van der Waals surface area contributed by atoms with Crippen molar-refractivity contribution in [2.45, 2.75) is 31.9 Å². The van der Waals surface area contributed by atoms with Gasteiger partial charge in [0.05, 0.1) is 0 Å². The first-order valence-electron chi connectivity index (χ1n) is 6.67. The van der Waals surface area contributed by atoms with E-state index in [1.165, 1.54) is 18.2 Å². The van der Waals surface area contributed by atoms with E-state index in [1.54, 1.807) is 11.0 Å². The summed E-state index contributed by atoms with van der Waals surface area (Å²) in [4.78, 5) is 14.2. The van der Waals surface area contributed by atoms with Crippen LogP contribution in [0.4, 0.5) is 8.78 Å². The number of carbonyl (C=O) groups is 1. The van der Waals surface area contributed by atoms with Crippen molar-refractivity contribution in [3.8, 4) is 5.75 Å². The number of hydrogen-bond donors (Lipinski definition) is 1. The van der Waals surface area contributed by atoms with Crippen LogP contribution in [0.25, 0.3) is 0 Å². The summed E-state index contributed by atoms with van der Waals surface area (Å²) in [7, 11) is 0. The first-order valence-corrected chi connectivity index (χ1v) is 6.67. The molecule has 0 spiro atoms. The highest BCUT2D eigenvalue weighted by molar-refractivity contribution is 5.94. The topological polar surface area (TPSA) is 55.6 Å². The maximum Gasteiger partial charge on any atom is 0.387 e. The van der Waals surface area contributed by atoms with Gasteiger partial charge in [0.2, 0.25) is 0 Å². The molecule has 1 aromatic rings. The second-order valence-electron chi connectivity index (χ2n) is 4.79. The van der Waals surface area contributed by atoms with Crippen LogP contribution < -0.4 is 10.5 Å². The van der Waals surface area contributed by atoms with Crippen molar-refractivity contribution in [3.63, 3.8) is 0 Å². The largest absolute Gasteiger partial charge is 0.435 e. The smallest absolute Gasteiger partial charge is 0.387 e. The lowest BCUT2D eigenvalue weighted by Gasteiger charge is -2.35. The molecule has 1 heterocycles. The summed E-state index contributed by atoms with van der Waals surface area (Å²) < 4.78 is 28.7. The first-order chi connectivity index (χ1) is 9.61. The molecule has 1 aromatic carbocycles. The standard InChI is InChI=1S/C14H18F2N2O2/c15-14(16)20-12-6-3-4-10(8-12)13(19)18-7-2-1-5-11(18)9-17/h3-4,6,8,11,14H,1-2,5,7,9,17H2. The molecule has 1 saturated heterocycles. The number of carbonyl (C=O) groups excluding carboxylic acids is 1. The molecule has 0 aromatic heterocycles. The number of amides is 1. The van der Waals surface area contributed by atoms with Crippen molar-refractivity contribution < 1.29 is 18.3 Å². The van der Waals surface area contributed by atoms with Gasteiger partial charge in [-0.15, -0.1) is 0 Å². The fourth-order valence-corrected chi connectivity index (χ4v) is 2.48. The van der Waals surface area contributed by atoms with Gasteiger partial charge in [0.1, 0.15) is 5.75 Å². The van der Waals surface area contributed by atoms with Gasteiger partial charge in [0.25, 0.3) is 5.91 Å². The third kappa shape index (κ3) is 3.45. The minimum atomic E-state index is -2.90. The quantitative estimate of drug-likeness (QED) is 0.922. The molecule has 1 aliphatic heterocycles. The Kier molecular flexibility index (Phi) is 4.89. The zero-order valence-corrected chi connectivity index (χ0v) is 11.1. The van der Waals surface area contributed by atoms with E-state index in [0.29, 0.717) is 18.7 Å². The van der Waals surface area contributed by atoms with Crippen LogP contribution in [0.15, 0.2) is 24.3 Å². The van der Waals surface area contributed by atoms with Crippen LogP contribution in [0.3, 0.4) is 0 Å². The van der Waals surface area contributed by atoms with Gasteiger partial charge in [-0.2, -0.15) is 8.78 Å². The molecule has 6 heteroatoms. The summed E-state index contributed by atoms with van der Waals surface area (Å²) >= 11 is 0. The molecule has 0 radical (unpaired) electrons. The number of halogens is 2. The Hall–Kier alpha value is -1.69. The molecule has 0 saturated carbocycles. The average Bonchev–Trinajstić information content (AvgIpc) is 2.46. The van der Waals surface area contributed by atoms with E-state index < -0.39 is 6.61 Å². The van der Waals surface area contributed by atoms with E-state index in [2.05, 4.69) is 4.74 Å². The van der Waals surface area contributed by atoms with Crippen LogP contribution in [-0.4, -0.2) is 36.5 Å². The highest BCUT2D eigenvalue weighted by atomic mass is 19.3. The molecular formula is C14H18F2N2O2. The number of likely N-dealkylation sites (tertiary alicyclic amines) is 1. The van der Waals surface area contributed by atoms with Crippen LogP contribution in [-0.2, 0) is 0 Å². The molecule has 0 bridgehead atoms. The molecule has 1 fully saturated rings. The summed E-state index contributed by atoms with van der Waals surface area (Å²) in [5, 5.41) is 0. The molecule has 110 valence electrons. The summed E-state index contributed by atoms with van der Waals surface area (Å²) in [6, 6.07) is 5.90. The number of hydrogen-bond acceptors (Lipinski definition) is 3.